The van der Waals surface area contributed by atoms with Crippen LogP contribution in [0.15, 0.2) is 18.2 Å². The molecule has 0 aromatic heterocycles. The zero-order valence-electron chi connectivity index (χ0n) is 13.9. The molecule has 1 saturated heterocycles. The number of carboxylic acids is 1. The fourth-order valence-corrected chi connectivity index (χ4v) is 2.80. The van der Waals surface area contributed by atoms with Crippen LogP contribution in [0.3, 0.4) is 0 Å². The van der Waals surface area contributed by atoms with Crippen molar-refractivity contribution in [1.82, 2.24) is 10.2 Å². The molecule has 130 valence electrons. The quantitative estimate of drug-likeness (QED) is 0.773. The zero-order valence-corrected chi connectivity index (χ0v) is 13.9. The maximum absolute atomic E-state index is 12.1. The van der Waals surface area contributed by atoms with E-state index in [0.717, 1.165) is 5.56 Å². The molecular weight excluding hydrogens is 312 g/mol. The minimum atomic E-state index is -1.01. The lowest BCUT2D eigenvalue weighted by Crippen LogP contribution is -2.34. The Morgan fingerprint density at radius 2 is 2.17 bits per heavy atom. The van der Waals surface area contributed by atoms with Gasteiger partial charge in [0.2, 0.25) is 11.8 Å². The maximum atomic E-state index is 12.1. The van der Waals surface area contributed by atoms with Gasteiger partial charge in [0.25, 0.3) is 0 Å². The number of ether oxygens (including phenoxy) is 1. The molecule has 0 aliphatic carbocycles. The second-order valence-electron chi connectivity index (χ2n) is 5.71. The van der Waals surface area contributed by atoms with Crippen molar-refractivity contribution in [3.8, 4) is 5.75 Å². The molecule has 1 fully saturated rings. The SMILES string of the molecule is CCN1CC(C(=O)NCCc2ccc(C(=O)O)cc2OC)CC1=O. The molecule has 7 heteroatoms. The molecule has 1 aliphatic heterocycles. The third-order valence-corrected chi connectivity index (χ3v) is 4.19. The second-order valence-corrected chi connectivity index (χ2v) is 5.71. The molecule has 0 bridgehead atoms. The molecule has 24 heavy (non-hydrogen) atoms. The molecule has 2 amide bonds. The highest BCUT2D eigenvalue weighted by atomic mass is 16.5. The summed E-state index contributed by atoms with van der Waals surface area (Å²) in [6.07, 6.45) is 0.781. The summed E-state index contributed by atoms with van der Waals surface area (Å²) in [4.78, 5) is 36.5. The summed E-state index contributed by atoms with van der Waals surface area (Å²) >= 11 is 0. The van der Waals surface area contributed by atoms with Gasteiger partial charge in [-0.2, -0.15) is 0 Å². The summed E-state index contributed by atoms with van der Waals surface area (Å²) in [5.74, 6) is -0.936. The maximum Gasteiger partial charge on any atom is 0.335 e. The first-order valence-corrected chi connectivity index (χ1v) is 7.92. The summed E-state index contributed by atoms with van der Waals surface area (Å²) in [6.45, 7) is 3.39. The topological polar surface area (TPSA) is 95.9 Å². The second kappa shape index (κ2) is 7.81. The van der Waals surface area contributed by atoms with Crippen molar-refractivity contribution in [2.45, 2.75) is 19.8 Å². The number of amides is 2. The van der Waals surface area contributed by atoms with Crippen molar-refractivity contribution in [1.29, 1.82) is 0 Å². The Balaban J connectivity index is 1.89. The number of rotatable bonds is 7. The third kappa shape index (κ3) is 4.04. The highest BCUT2D eigenvalue weighted by molar-refractivity contribution is 5.89. The van der Waals surface area contributed by atoms with Crippen LogP contribution in [0.2, 0.25) is 0 Å². The molecule has 0 spiro atoms. The summed E-state index contributed by atoms with van der Waals surface area (Å²) < 4.78 is 5.21. The van der Waals surface area contributed by atoms with Crippen LogP contribution in [0.5, 0.6) is 5.75 Å². The molecule has 0 radical (unpaired) electrons. The standard InChI is InChI=1S/C17H22N2O5/c1-3-19-10-13(9-15(19)20)16(21)18-7-6-11-4-5-12(17(22)23)8-14(11)24-2/h4-5,8,13H,3,6-7,9-10H2,1-2H3,(H,18,21)(H,22,23). The van der Waals surface area contributed by atoms with Crippen LogP contribution < -0.4 is 10.1 Å². The van der Waals surface area contributed by atoms with Crippen molar-refractivity contribution in [3.63, 3.8) is 0 Å². The Kier molecular flexibility index (Phi) is 5.78. The van der Waals surface area contributed by atoms with E-state index in [1.807, 2.05) is 6.92 Å². The van der Waals surface area contributed by atoms with E-state index in [1.165, 1.54) is 19.2 Å². The highest BCUT2D eigenvalue weighted by Crippen LogP contribution is 2.21. The molecule has 1 aliphatic rings. The summed E-state index contributed by atoms with van der Waals surface area (Å²) in [5, 5.41) is 11.8. The summed E-state index contributed by atoms with van der Waals surface area (Å²) in [5.41, 5.74) is 0.976. The van der Waals surface area contributed by atoms with Crippen LogP contribution in [0.25, 0.3) is 0 Å². The number of carboxylic acid groups (broad SMARTS) is 1. The monoisotopic (exact) mass is 334 g/mol. The van der Waals surface area contributed by atoms with E-state index in [0.29, 0.717) is 31.8 Å². The fourth-order valence-electron chi connectivity index (χ4n) is 2.80. The van der Waals surface area contributed by atoms with E-state index >= 15 is 0 Å². The predicted molar refractivity (Wildman–Crippen MR) is 87.0 cm³/mol. The fraction of sp³-hybridized carbons (Fsp3) is 0.471. The van der Waals surface area contributed by atoms with E-state index in [2.05, 4.69) is 5.32 Å². The van der Waals surface area contributed by atoms with Gasteiger partial charge in [-0.15, -0.1) is 0 Å². The smallest absolute Gasteiger partial charge is 0.335 e. The van der Waals surface area contributed by atoms with E-state index in [-0.39, 0.29) is 29.7 Å². The minimum Gasteiger partial charge on any atom is -0.496 e. The lowest BCUT2D eigenvalue weighted by molar-refractivity contribution is -0.128. The average Bonchev–Trinajstić information content (AvgIpc) is 2.95. The van der Waals surface area contributed by atoms with Gasteiger partial charge in [0.15, 0.2) is 0 Å². The van der Waals surface area contributed by atoms with Crippen molar-refractivity contribution in [2.75, 3.05) is 26.7 Å². The van der Waals surface area contributed by atoms with Crippen molar-refractivity contribution in [2.24, 2.45) is 5.92 Å². The molecule has 2 N–H and O–H groups in total. The average molecular weight is 334 g/mol. The first-order valence-electron chi connectivity index (χ1n) is 7.92. The normalized spacial score (nSPS) is 17.0. The van der Waals surface area contributed by atoms with Crippen LogP contribution >= 0.6 is 0 Å². The third-order valence-electron chi connectivity index (χ3n) is 4.19. The van der Waals surface area contributed by atoms with Crippen LogP contribution in [0.1, 0.15) is 29.3 Å². The Morgan fingerprint density at radius 1 is 1.42 bits per heavy atom. The first kappa shape index (κ1) is 17.8. The van der Waals surface area contributed by atoms with Crippen molar-refractivity contribution < 1.29 is 24.2 Å². The van der Waals surface area contributed by atoms with Gasteiger partial charge in [-0.05, 0) is 31.0 Å². The minimum absolute atomic E-state index is 0.0172. The predicted octanol–water partition coefficient (Wildman–Crippen LogP) is 0.921. The Hall–Kier alpha value is -2.57. The van der Waals surface area contributed by atoms with Gasteiger partial charge in [-0.1, -0.05) is 6.07 Å². The molecular formula is C17H22N2O5. The lowest BCUT2D eigenvalue weighted by atomic mass is 10.1. The lowest BCUT2D eigenvalue weighted by Gasteiger charge is -2.14. The molecule has 1 unspecified atom stereocenters. The Labute approximate surface area is 140 Å². The number of nitrogens with zero attached hydrogens (tertiary/aromatic N) is 1. The van der Waals surface area contributed by atoms with E-state index in [1.54, 1.807) is 11.0 Å². The molecule has 1 aromatic rings. The van der Waals surface area contributed by atoms with Crippen molar-refractivity contribution in [3.05, 3.63) is 29.3 Å². The molecule has 1 atom stereocenters. The van der Waals surface area contributed by atoms with E-state index < -0.39 is 5.97 Å². The van der Waals surface area contributed by atoms with Gasteiger partial charge in [-0.3, -0.25) is 9.59 Å². The van der Waals surface area contributed by atoms with Gasteiger partial charge in [-0.25, -0.2) is 4.79 Å². The number of benzene rings is 1. The number of aromatic carboxylic acids is 1. The molecule has 0 saturated carbocycles. The van der Waals surface area contributed by atoms with Gasteiger partial charge >= 0.3 is 5.97 Å². The number of hydrogen-bond acceptors (Lipinski definition) is 4. The molecule has 2 rings (SSSR count). The number of carbonyl (C=O) groups is 3. The van der Waals surface area contributed by atoms with Gasteiger partial charge in [0.05, 0.1) is 18.6 Å². The van der Waals surface area contributed by atoms with Gasteiger partial charge < -0.3 is 20.1 Å². The number of nitrogens with one attached hydrogen (secondary N) is 1. The molecule has 7 nitrogen and oxygen atoms in total. The Morgan fingerprint density at radius 3 is 2.75 bits per heavy atom. The van der Waals surface area contributed by atoms with Gasteiger partial charge in [0, 0.05) is 26.1 Å². The number of likely N-dealkylation sites (tertiary alicyclic amines) is 1. The number of hydrogen-bond donors (Lipinski definition) is 2. The largest absolute Gasteiger partial charge is 0.496 e. The Bertz CT molecular complexity index is 644. The van der Waals surface area contributed by atoms with Crippen LogP contribution in [-0.2, 0) is 16.0 Å². The zero-order chi connectivity index (χ0) is 17.7. The summed E-state index contributed by atoms with van der Waals surface area (Å²) in [7, 11) is 1.48. The molecule has 1 aromatic carbocycles. The van der Waals surface area contributed by atoms with Crippen LogP contribution in [0.4, 0.5) is 0 Å². The molecule has 1 heterocycles. The highest BCUT2D eigenvalue weighted by Gasteiger charge is 2.33. The van der Waals surface area contributed by atoms with Crippen LogP contribution in [0, 0.1) is 5.92 Å². The van der Waals surface area contributed by atoms with Crippen molar-refractivity contribution >= 4 is 17.8 Å². The van der Waals surface area contributed by atoms with Crippen LogP contribution in [-0.4, -0.2) is 54.5 Å². The first-order chi connectivity index (χ1) is 11.5. The number of methoxy groups -OCH3 is 1. The number of carbonyl (C=O) groups excluding carboxylic acids is 2. The van der Waals surface area contributed by atoms with E-state index in [4.69, 9.17) is 9.84 Å². The summed E-state index contributed by atoms with van der Waals surface area (Å²) in [6, 6.07) is 4.66. The van der Waals surface area contributed by atoms with E-state index in [9.17, 15) is 14.4 Å². The van der Waals surface area contributed by atoms with Gasteiger partial charge in [0.1, 0.15) is 5.75 Å².